The number of hydrogen-bond donors (Lipinski definition) is 2. The van der Waals surface area contributed by atoms with Crippen LogP contribution in [0.5, 0.6) is 5.75 Å². The van der Waals surface area contributed by atoms with Crippen molar-refractivity contribution >= 4 is 23.7 Å². The number of thioether (sulfide) groups is 1. The average Bonchev–Trinajstić information content (AvgIpc) is 3.27. The van der Waals surface area contributed by atoms with Crippen molar-refractivity contribution in [1.82, 2.24) is 25.4 Å². The molecule has 2 aromatic rings. The van der Waals surface area contributed by atoms with Crippen LogP contribution < -0.4 is 15.4 Å². The van der Waals surface area contributed by atoms with Crippen LogP contribution >= 0.6 is 11.8 Å². The number of imide groups is 1. The molecule has 1 aromatic heterocycles. The van der Waals surface area contributed by atoms with Crippen molar-refractivity contribution in [3.05, 3.63) is 24.3 Å². The van der Waals surface area contributed by atoms with Gasteiger partial charge in [-0.25, -0.2) is 4.79 Å². The second-order valence-electron chi connectivity index (χ2n) is 7.78. The molecule has 0 bridgehead atoms. The standard InChI is InChI=1S/C21H27N5O4S/c1-13(19(27)23-20(28)22-15-7-8-15)31-21-25-24-18(14-5-9-16(29-2)10-6-14)26(21)12-17-4-3-11-30-17/h5-6,9-10,13,15,17H,3-4,7-8,11-12H2,1-2H3,(H2,22,23,27,28). The molecule has 4 rings (SSSR count). The summed E-state index contributed by atoms with van der Waals surface area (Å²) in [5, 5.41) is 14.0. The van der Waals surface area contributed by atoms with Gasteiger partial charge in [-0.05, 0) is 56.9 Å². The average molecular weight is 446 g/mol. The number of amides is 3. The van der Waals surface area contributed by atoms with Crippen LogP contribution in [-0.2, 0) is 16.1 Å². The van der Waals surface area contributed by atoms with Crippen molar-refractivity contribution in [1.29, 1.82) is 0 Å². The van der Waals surface area contributed by atoms with E-state index in [-0.39, 0.29) is 18.1 Å². The molecular formula is C21H27N5O4S. The molecule has 3 amide bonds. The predicted molar refractivity (Wildman–Crippen MR) is 116 cm³/mol. The highest BCUT2D eigenvalue weighted by atomic mass is 32.2. The quantitative estimate of drug-likeness (QED) is 0.602. The summed E-state index contributed by atoms with van der Waals surface area (Å²) in [6.07, 6.45) is 4.02. The highest BCUT2D eigenvalue weighted by Gasteiger charge is 2.27. The summed E-state index contributed by atoms with van der Waals surface area (Å²) in [7, 11) is 1.63. The second-order valence-corrected chi connectivity index (χ2v) is 9.09. The fourth-order valence-corrected chi connectivity index (χ4v) is 4.22. The van der Waals surface area contributed by atoms with Gasteiger partial charge < -0.3 is 14.8 Å². The molecule has 1 saturated carbocycles. The number of nitrogens with one attached hydrogen (secondary N) is 2. The third-order valence-electron chi connectivity index (χ3n) is 5.28. The highest BCUT2D eigenvalue weighted by molar-refractivity contribution is 8.00. The van der Waals surface area contributed by atoms with Crippen molar-refractivity contribution < 1.29 is 19.1 Å². The topological polar surface area (TPSA) is 107 Å². The Balaban J connectivity index is 1.50. The first-order chi connectivity index (χ1) is 15.0. The summed E-state index contributed by atoms with van der Waals surface area (Å²) < 4.78 is 13.1. The molecule has 2 aliphatic rings. The normalized spacial score (nSPS) is 19.1. The molecule has 2 fully saturated rings. The summed E-state index contributed by atoms with van der Waals surface area (Å²) in [5.41, 5.74) is 0.902. The van der Waals surface area contributed by atoms with Gasteiger partial charge in [0.2, 0.25) is 5.91 Å². The summed E-state index contributed by atoms with van der Waals surface area (Å²) >= 11 is 1.28. The number of hydrogen-bond acceptors (Lipinski definition) is 7. The van der Waals surface area contributed by atoms with E-state index >= 15 is 0 Å². The predicted octanol–water partition coefficient (Wildman–Crippen LogP) is 2.60. The molecule has 0 spiro atoms. The smallest absolute Gasteiger partial charge is 0.321 e. The third kappa shape index (κ3) is 5.56. The first-order valence-electron chi connectivity index (χ1n) is 10.5. The Labute approximate surface area is 185 Å². The van der Waals surface area contributed by atoms with Crippen molar-refractivity contribution in [3.63, 3.8) is 0 Å². The van der Waals surface area contributed by atoms with Crippen LogP contribution in [0.25, 0.3) is 11.4 Å². The van der Waals surface area contributed by atoms with E-state index in [1.54, 1.807) is 14.0 Å². The summed E-state index contributed by atoms with van der Waals surface area (Å²) in [6.45, 7) is 3.11. The molecule has 1 aromatic carbocycles. The van der Waals surface area contributed by atoms with Crippen molar-refractivity contribution in [3.8, 4) is 17.1 Å². The SMILES string of the molecule is COc1ccc(-c2nnc(SC(C)C(=O)NC(=O)NC3CC3)n2CC2CCCO2)cc1. The lowest BCUT2D eigenvalue weighted by Crippen LogP contribution is -2.43. The lowest BCUT2D eigenvalue weighted by atomic mass is 10.2. The molecular weight excluding hydrogens is 418 g/mol. The summed E-state index contributed by atoms with van der Waals surface area (Å²) in [5.74, 6) is 1.11. The van der Waals surface area contributed by atoms with E-state index in [0.717, 1.165) is 43.6 Å². The van der Waals surface area contributed by atoms with Gasteiger partial charge in [0.25, 0.3) is 0 Å². The first-order valence-corrected chi connectivity index (χ1v) is 11.4. The Morgan fingerprint density at radius 2 is 2.03 bits per heavy atom. The van der Waals surface area contributed by atoms with Gasteiger partial charge in [-0.2, -0.15) is 0 Å². The molecule has 10 heteroatoms. The van der Waals surface area contributed by atoms with Crippen LogP contribution in [-0.4, -0.2) is 57.8 Å². The number of methoxy groups -OCH3 is 1. The van der Waals surface area contributed by atoms with Crippen LogP contribution in [0.15, 0.2) is 29.4 Å². The maximum Gasteiger partial charge on any atom is 0.321 e. The Morgan fingerprint density at radius 3 is 2.68 bits per heavy atom. The highest BCUT2D eigenvalue weighted by Crippen LogP contribution is 2.29. The van der Waals surface area contributed by atoms with E-state index in [4.69, 9.17) is 9.47 Å². The zero-order valence-corrected chi connectivity index (χ0v) is 18.5. The lowest BCUT2D eigenvalue weighted by Gasteiger charge is -2.16. The number of carbonyl (C=O) groups is 2. The molecule has 1 aliphatic carbocycles. The van der Waals surface area contributed by atoms with Gasteiger partial charge >= 0.3 is 6.03 Å². The third-order valence-corrected chi connectivity index (χ3v) is 6.36. The fourth-order valence-electron chi connectivity index (χ4n) is 3.36. The van der Waals surface area contributed by atoms with Gasteiger partial charge in [-0.15, -0.1) is 10.2 Å². The Hall–Kier alpha value is -2.59. The molecule has 2 unspecified atom stereocenters. The minimum Gasteiger partial charge on any atom is -0.497 e. The Bertz CT molecular complexity index is 922. The molecule has 0 radical (unpaired) electrons. The number of benzene rings is 1. The Morgan fingerprint density at radius 1 is 1.26 bits per heavy atom. The van der Waals surface area contributed by atoms with Gasteiger partial charge in [0.1, 0.15) is 5.75 Å². The zero-order chi connectivity index (χ0) is 21.8. The van der Waals surface area contributed by atoms with E-state index in [9.17, 15) is 9.59 Å². The maximum atomic E-state index is 12.5. The van der Waals surface area contributed by atoms with E-state index < -0.39 is 11.3 Å². The minimum atomic E-state index is -0.513. The van der Waals surface area contributed by atoms with Crippen molar-refractivity contribution in [2.45, 2.75) is 61.7 Å². The van der Waals surface area contributed by atoms with Crippen LogP contribution in [0, 0.1) is 0 Å². The van der Waals surface area contributed by atoms with Crippen LogP contribution in [0.2, 0.25) is 0 Å². The van der Waals surface area contributed by atoms with E-state index in [1.165, 1.54) is 11.8 Å². The molecule has 31 heavy (non-hydrogen) atoms. The largest absolute Gasteiger partial charge is 0.497 e. The minimum absolute atomic E-state index is 0.0841. The monoisotopic (exact) mass is 445 g/mol. The van der Waals surface area contributed by atoms with Crippen LogP contribution in [0.4, 0.5) is 4.79 Å². The molecule has 2 N–H and O–H groups in total. The summed E-state index contributed by atoms with van der Waals surface area (Å²) in [4.78, 5) is 24.4. The molecule has 9 nitrogen and oxygen atoms in total. The Kier molecular flexibility index (Phi) is 6.77. The van der Waals surface area contributed by atoms with E-state index in [2.05, 4.69) is 20.8 Å². The van der Waals surface area contributed by atoms with E-state index in [1.807, 2.05) is 28.8 Å². The number of carbonyl (C=O) groups excluding carboxylic acids is 2. The van der Waals surface area contributed by atoms with Crippen molar-refractivity contribution in [2.24, 2.45) is 0 Å². The van der Waals surface area contributed by atoms with Gasteiger partial charge in [-0.1, -0.05) is 11.8 Å². The lowest BCUT2D eigenvalue weighted by molar-refractivity contribution is -0.119. The van der Waals surface area contributed by atoms with Gasteiger partial charge in [0.05, 0.1) is 25.0 Å². The molecule has 2 heterocycles. The molecule has 166 valence electrons. The van der Waals surface area contributed by atoms with Gasteiger partial charge in [-0.3, -0.25) is 14.7 Å². The fraction of sp³-hybridized carbons (Fsp3) is 0.524. The maximum absolute atomic E-state index is 12.5. The van der Waals surface area contributed by atoms with Gasteiger partial charge in [0, 0.05) is 18.2 Å². The molecule has 1 saturated heterocycles. The first kappa shape index (κ1) is 21.6. The zero-order valence-electron chi connectivity index (χ0n) is 17.7. The van der Waals surface area contributed by atoms with Crippen LogP contribution in [0.3, 0.4) is 0 Å². The molecule has 2 atom stereocenters. The van der Waals surface area contributed by atoms with Gasteiger partial charge in [0.15, 0.2) is 11.0 Å². The number of rotatable bonds is 8. The number of ether oxygens (including phenoxy) is 2. The second kappa shape index (κ2) is 9.69. The van der Waals surface area contributed by atoms with E-state index in [0.29, 0.717) is 17.5 Å². The number of nitrogens with zero attached hydrogens (tertiary/aromatic N) is 3. The summed E-state index contributed by atoms with van der Waals surface area (Å²) in [6, 6.07) is 7.37. The van der Waals surface area contributed by atoms with Crippen LogP contribution in [0.1, 0.15) is 32.6 Å². The number of urea groups is 1. The number of aromatic nitrogens is 3. The van der Waals surface area contributed by atoms with Crippen molar-refractivity contribution in [2.75, 3.05) is 13.7 Å². The molecule has 1 aliphatic heterocycles.